The highest BCUT2D eigenvalue weighted by molar-refractivity contribution is 7.89. The Bertz CT molecular complexity index is 1560. The largest absolute Gasteiger partial charge is 0.436 e. The number of amides is 2. The van der Waals surface area contributed by atoms with Crippen molar-refractivity contribution in [2.24, 2.45) is 0 Å². The molecule has 2 saturated heterocycles. The molecule has 3 aliphatic rings. The molecule has 0 aliphatic carbocycles. The standard InChI is InChI=1S/C26H32ClN7O6S/c1-30-15-21-22(16-31(30)2)40-25(29-21)26(36)34-6-5-33(14-19(34)13-24(35)32-7-9-39-10-8-32)41(37,38)23-12-17-11-18(27)3-4-20(17)28-23/h3-4,11-12,19,28H,5-10,13-16H2,1-2H3. The number of oxazole rings is 1. The maximum atomic E-state index is 13.7. The number of aromatic nitrogens is 2. The second-order valence-corrected chi connectivity index (χ2v) is 12.9. The zero-order valence-electron chi connectivity index (χ0n) is 22.9. The summed E-state index contributed by atoms with van der Waals surface area (Å²) in [4.78, 5) is 37.7. The number of morpholine rings is 1. The van der Waals surface area contributed by atoms with Crippen LogP contribution in [0.3, 0.4) is 0 Å². The van der Waals surface area contributed by atoms with Gasteiger partial charge in [0.15, 0.2) is 0 Å². The lowest BCUT2D eigenvalue weighted by Gasteiger charge is -2.40. The minimum atomic E-state index is -3.96. The molecular formula is C26H32ClN7O6S. The van der Waals surface area contributed by atoms with Crippen molar-refractivity contribution >= 4 is 44.3 Å². The van der Waals surface area contributed by atoms with Crippen molar-refractivity contribution in [2.45, 2.75) is 30.6 Å². The molecule has 0 spiro atoms. The number of benzene rings is 1. The molecule has 6 rings (SSSR count). The summed E-state index contributed by atoms with van der Waals surface area (Å²) in [7, 11) is -0.114. The maximum absolute atomic E-state index is 13.7. The average molecular weight is 606 g/mol. The van der Waals surface area contributed by atoms with Crippen LogP contribution >= 0.6 is 11.6 Å². The van der Waals surface area contributed by atoms with Gasteiger partial charge in [-0.05, 0) is 24.3 Å². The first-order chi connectivity index (χ1) is 19.6. The molecule has 2 aromatic heterocycles. The number of aromatic amines is 1. The number of rotatable bonds is 5. The topological polar surface area (TPSA) is 136 Å². The van der Waals surface area contributed by atoms with E-state index in [1.807, 2.05) is 24.1 Å². The van der Waals surface area contributed by atoms with Crippen LogP contribution in [0.25, 0.3) is 10.9 Å². The summed E-state index contributed by atoms with van der Waals surface area (Å²) in [5.74, 6) is -0.0475. The summed E-state index contributed by atoms with van der Waals surface area (Å²) in [6.45, 7) is 2.85. The number of carbonyl (C=O) groups is 2. The molecule has 3 aromatic rings. The van der Waals surface area contributed by atoms with Gasteiger partial charge in [0, 0.05) is 69.2 Å². The third-order valence-corrected chi connectivity index (χ3v) is 9.97. The van der Waals surface area contributed by atoms with Crippen molar-refractivity contribution in [3.8, 4) is 0 Å². The Hall–Kier alpha value is -3.01. The summed E-state index contributed by atoms with van der Waals surface area (Å²) >= 11 is 6.09. The molecule has 2 amide bonds. The molecule has 0 radical (unpaired) electrons. The van der Waals surface area contributed by atoms with E-state index in [1.54, 1.807) is 29.2 Å². The van der Waals surface area contributed by atoms with Gasteiger partial charge in [0.25, 0.3) is 15.9 Å². The van der Waals surface area contributed by atoms with E-state index in [9.17, 15) is 18.0 Å². The molecular weight excluding hydrogens is 574 g/mol. The van der Waals surface area contributed by atoms with Crippen LogP contribution < -0.4 is 0 Å². The number of H-pyrrole nitrogens is 1. The summed E-state index contributed by atoms with van der Waals surface area (Å²) in [6, 6.07) is 5.94. The van der Waals surface area contributed by atoms with E-state index in [-0.39, 0.29) is 42.9 Å². The minimum absolute atomic E-state index is 0.0291. The molecule has 1 aromatic carbocycles. The Morgan fingerprint density at radius 3 is 2.61 bits per heavy atom. The first-order valence-corrected chi connectivity index (χ1v) is 15.3. The van der Waals surface area contributed by atoms with E-state index >= 15 is 0 Å². The Labute approximate surface area is 242 Å². The van der Waals surface area contributed by atoms with Gasteiger partial charge in [-0.2, -0.15) is 4.31 Å². The molecule has 13 nitrogen and oxygen atoms in total. The number of carbonyl (C=O) groups excluding carboxylic acids is 2. The van der Waals surface area contributed by atoms with Gasteiger partial charge < -0.3 is 23.9 Å². The van der Waals surface area contributed by atoms with Crippen molar-refractivity contribution in [3.63, 3.8) is 0 Å². The highest BCUT2D eigenvalue weighted by Crippen LogP contribution is 2.28. The van der Waals surface area contributed by atoms with E-state index in [4.69, 9.17) is 20.8 Å². The third-order valence-electron chi connectivity index (χ3n) is 7.95. The lowest BCUT2D eigenvalue weighted by molar-refractivity contribution is -0.136. The molecule has 0 saturated carbocycles. The first-order valence-electron chi connectivity index (χ1n) is 13.5. The number of sulfonamides is 1. The first kappa shape index (κ1) is 28.1. The van der Waals surface area contributed by atoms with E-state index in [2.05, 4.69) is 9.97 Å². The molecule has 1 unspecified atom stereocenters. The number of piperazine rings is 1. The summed E-state index contributed by atoms with van der Waals surface area (Å²) < 4.78 is 40.0. The fraction of sp³-hybridized carbons (Fsp3) is 0.500. The van der Waals surface area contributed by atoms with Crippen LogP contribution in [0.5, 0.6) is 0 Å². The van der Waals surface area contributed by atoms with E-state index in [0.29, 0.717) is 66.8 Å². The molecule has 0 bridgehead atoms. The Morgan fingerprint density at radius 2 is 1.83 bits per heavy atom. The zero-order chi connectivity index (χ0) is 28.9. The second kappa shape index (κ2) is 11.0. The van der Waals surface area contributed by atoms with Crippen molar-refractivity contribution in [1.82, 2.24) is 34.1 Å². The fourth-order valence-corrected chi connectivity index (χ4v) is 7.16. The number of ether oxygens (including phenoxy) is 1. The van der Waals surface area contributed by atoms with Gasteiger partial charge in [-0.15, -0.1) is 0 Å². The van der Waals surface area contributed by atoms with Gasteiger partial charge in [0.2, 0.25) is 5.91 Å². The monoisotopic (exact) mass is 605 g/mol. The smallest absolute Gasteiger partial charge is 0.310 e. The number of hydrogen-bond donors (Lipinski definition) is 1. The van der Waals surface area contributed by atoms with Crippen LogP contribution in [0.4, 0.5) is 0 Å². The van der Waals surface area contributed by atoms with Crippen LogP contribution in [-0.2, 0) is 32.6 Å². The fourth-order valence-electron chi connectivity index (χ4n) is 5.50. The molecule has 1 atom stereocenters. The quantitative estimate of drug-likeness (QED) is 0.457. The predicted molar refractivity (Wildman–Crippen MR) is 148 cm³/mol. The van der Waals surface area contributed by atoms with E-state index < -0.39 is 22.0 Å². The number of hydrogen-bond acceptors (Lipinski definition) is 9. The van der Waals surface area contributed by atoms with Crippen molar-refractivity contribution < 1.29 is 27.2 Å². The van der Waals surface area contributed by atoms with Crippen LogP contribution in [0, 0.1) is 0 Å². The van der Waals surface area contributed by atoms with Gasteiger partial charge in [0.05, 0.1) is 38.0 Å². The van der Waals surface area contributed by atoms with Gasteiger partial charge >= 0.3 is 5.91 Å². The summed E-state index contributed by atoms with van der Waals surface area (Å²) in [5, 5.41) is 5.15. The molecule has 1 N–H and O–H groups in total. The maximum Gasteiger partial charge on any atom is 0.310 e. The minimum Gasteiger partial charge on any atom is -0.436 e. The Kier molecular flexibility index (Phi) is 7.55. The van der Waals surface area contributed by atoms with E-state index in [1.165, 1.54) is 9.21 Å². The molecule has 15 heteroatoms. The number of hydrazine groups is 1. The molecule has 41 heavy (non-hydrogen) atoms. The lowest BCUT2D eigenvalue weighted by Crippen LogP contribution is -2.58. The van der Waals surface area contributed by atoms with Crippen molar-refractivity contribution in [2.75, 3.05) is 60.0 Å². The summed E-state index contributed by atoms with van der Waals surface area (Å²) in [6.07, 6.45) is -0.0357. The zero-order valence-corrected chi connectivity index (χ0v) is 24.4. The molecule has 3 aliphatic heterocycles. The van der Waals surface area contributed by atoms with Gasteiger partial charge in [-0.1, -0.05) is 11.6 Å². The lowest BCUT2D eigenvalue weighted by atomic mass is 10.1. The number of nitrogens with one attached hydrogen (secondary N) is 1. The van der Waals surface area contributed by atoms with Crippen LogP contribution in [0.1, 0.15) is 28.6 Å². The number of nitrogens with zero attached hydrogens (tertiary/aromatic N) is 6. The van der Waals surface area contributed by atoms with Gasteiger partial charge in [-0.3, -0.25) is 9.59 Å². The summed E-state index contributed by atoms with van der Waals surface area (Å²) in [5.41, 5.74) is 1.33. The number of fused-ring (bicyclic) bond motifs is 2. The Morgan fingerprint density at radius 1 is 1.07 bits per heavy atom. The van der Waals surface area contributed by atoms with E-state index in [0.717, 1.165) is 0 Å². The SMILES string of the molecule is CN1Cc2nc(C(=O)N3CCN(S(=O)(=O)c4cc5cc(Cl)ccc5[nH]4)CC3CC(=O)N3CCOCC3)oc2CN1C. The molecule has 220 valence electrons. The van der Waals surface area contributed by atoms with Crippen LogP contribution in [0.15, 0.2) is 33.7 Å². The Balaban J connectivity index is 1.27. The highest BCUT2D eigenvalue weighted by Gasteiger charge is 2.40. The number of halogens is 1. The third kappa shape index (κ3) is 5.47. The van der Waals surface area contributed by atoms with Crippen molar-refractivity contribution in [1.29, 1.82) is 0 Å². The van der Waals surface area contributed by atoms with Crippen molar-refractivity contribution in [3.05, 3.63) is 46.6 Å². The predicted octanol–water partition coefficient (Wildman–Crippen LogP) is 1.37. The highest BCUT2D eigenvalue weighted by atomic mass is 35.5. The molecule has 2 fully saturated rings. The second-order valence-electron chi connectivity index (χ2n) is 10.6. The van der Waals surface area contributed by atoms with Gasteiger partial charge in [0.1, 0.15) is 10.8 Å². The van der Waals surface area contributed by atoms with Crippen LogP contribution in [-0.4, -0.2) is 120 Å². The van der Waals surface area contributed by atoms with Crippen LogP contribution in [0.2, 0.25) is 5.02 Å². The van der Waals surface area contributed by atoms with Gasteiger partial charge in [-0.25, -0.2) is 23.4 Å². The average Bonchev–Trinajstić information content (AvgIpc) is 3.57. The molecule has 5 heterocycles. The normalized spacial score (nSPS) is 21.4.